The van der Waals surface area contributed by atoms with Crippen molar-refractivity contribution in [1.29, 1.82) is 0 Å². The van der Waals surface area contributed by atoms with Gasteiger partial charge in [0.15, 0.2) is 6.10 Å². The lowest BCUT2D eigenvalue weighted by Gasteiger charge is -2.23. The first-order valence-electron chi connectivity index (χ1n) is 9.05. The number of hydrogen-bond donors (Lipinski definition) is 3. The van der Waals surface area contributed by atoms with E-state index in [1.54, 1.807) is 26.0 Å². The quantitative estimate of drug-likeness (QED) is 0.638. The molecule has 0 spiro atoms. The van der Waals surface area contributed by atoms with Crippen molar-refractivity contribution < 1.29 is 23.9 Å². The van der Waals surface area contributed by atoms with Gasteiger partial charge in [-0.15, -0.1) is 0 Å². The van der Waals surface area contributed by atoms with E-state index in [0.29, 0.717) is 5.56 Å². The summed E-state index contributed by atoms with van der Waals surface area (Å²) in [5.41, 5.74) is 6.32. The zero-order valence-corrected chi connectivity index (χ0v) is 17.2. The summed E-state index contributed by atoms with van der Waals surface area (Å²) in [6, 6.07) is 5.13. The summed E-state index contributed by atoms with van der Waals surface area (Å²) in [7, 11) is 0. The Bertz CT molecular complexity index is 735. The fourth-order valence-electron chi connectivity index (χ4n) is 2.37. The maximum atomic E-state index is 12.5. The highest BCUT2D eigenvalue weighted by Gasteiger charge is 2.29. The fourth-order valence-corrected chi connectivity index (χ4v) is 2.37. The van der Waals surface area contributed by atoms with Crippen LogP contribution in [0.2, 0.25) is 0 Å². The first-order valence-corrected chi connectivity index (χ1v) is 9.05. The summed E-state index contributed by atoms with van der Waals surface area (Å²) in [6.45, 7) is 11.0. The smallest absolute Gasteiger partial charge is 0.329 e. The van der Waals surface area contributed by atoms with Crippen molar-refractivity contribution in [2.45, 2.75) is 59.1 Å². The van der Waals surface area contributed by atoms with Crippen molar-refractivity contribution in [3.05, 3.63) is 35.4 Å². The van der Waals surface area contributed by atoms with Crippen LogP contribution in [0.3, 0.4) is 0 Å². The normalized spacial score (nSPS) is 13.4. The van der Waals surface area contributed by atoms with Crippen LogP contribution in [0.15, 0.2) is 24.3 Å². The molecule has 4 N–H and O–H groups in total. The van der Waals surface area contributed by atoms with Crippen LogP contribution >= 0.6 is 0 Å². The van der Waals surface area contributed by atoms with E-state index < -0.39 is 36.0 Å². The third-order valence-corrected chi connectivity index (χ3v) is 4.13. The molecule has 0 heterocycles. The summed E-state index contributed by atoms with van der Waals surface area (Å²) in [5.74, 6) is -2.32. The lowest BCUT2D eigenvalue weighted by atomic mass is 9.86. The summed E-state index contributed by atoms with van der Waals surface area (Å²) in [6.07, 6.45) is -1.23. The standard InChI is InChI=1S/C20H29N3O5/c1-11(2)15(18(26)28-12(3)16(24)23-19(21)27)22-17(25)13-7-9-14(10-8-13)20(4,5)6/h7-12,15H,1-6H3,(H,22,25)(H3,21,23,24,27)/t12-,15-/m0/s1. The first kappa shape index (κ1) is 23.1. The molecule has 0 radical (unpaired) electrons. The third kappa shape index (κ3) is 6.68. The maximum absolute atomic E-state index is 12.5. The third-order valence-electron chi connectivity index (χ3n) is 4.13. The van der Waals surface area contributed by atoms with Gasteiger partial charge in [0.1, 0.15) is 6.04 Å². The molecule has 8 nitrogen and oxygen atoms in total. The zero-order valence-electron chi connectivity index (χ0n) is 17.2. The molecule has 2 atom stereocenters. The van der Waals surface area contributed by atoms with Crippen LogP contribution in [0.4, 0.5) is 4.79 Å². The van der Waals surface area contributed by atoms with Gasteiger partial charge in [-0.25, -0.2) is 9.59 Å². The topological polar surface area (TPSA) is 128 Å². The first-order chi connectivity index (χ1) is 12.8. The van der Waals surface area contributed by atoms with E-state index in [4.69, 9.17) is 10.5 Å². The molecule has 0 aromatic heterocycles. The van der Waals surface area contributed by atoms with Crippen molar-refractivity contribution in [3.63, 3.8) is 0 Å². The van der Waals surface area contributed by atoms with Crippen LogP contribution in [0, 0.1) is 5.92 Å². The Balaban J connectivity index is 2.83. The van der Waals surface area contributed by atoms with E-state index in [9.17, 15) is 19.2 Å². The number of benzene rings is 1. The minimum atomic E-state index is -1.23. The van der Waals surface area contributed by atoms with Crippen molar-refractivity contribution >= 4 is 23.8 Å². The van der Waals surface area contributed by atoms with E-state index in [-0.39, 0.29) is 11.3 Å². The van der Waals surface area contributed by atoms with Crippen LogP contribution in [-0.4, -0.2) is 36.0 Å². The molecule has 4 amide bonds. The molecule has 0 aliphatic carbocycles. The molecular weight excluding hydrogens is 362 g/mol. The largest absolute Gasteiger partial charge is 0.451 e. The Labute approximate surface area is 165 Å². The molecule has 1 rings (SSSR count). The number of urea groups is 1. The van der Waals surface area contributed by atoms with E-state index >= 15 is 0 Å². The lowest BCUT2D eigenvalue weighted by molar-refractivity contribution is -0.157. The highest BCUT2D eigenvalue weighted by molar-refractivity contribution is 5.98. The number of carbonyl (C=O) groups is 4. The number of amides is 4. The number of rotatable bonds is 6. The predicted molar refractivity (Wildman–Crippen MR) is 105 cm³/mol. The van der Waals surface area contributed by atoms with Gasteiger partial charge in [-0.3, -0.25) is 14.9 Å². The SMILES string of the molecule is CC(C)[C@H](NC(=O)c1ccc(C(C)(C)C)cc1)C(=O)O[C@@H](C)C(=O)NC(N)=O. The van der Waals surface area contributed by atoms with Crippen LogP contribution in [-0.2, 0) is 19.7 Å². The van der Waals surface area contributed by atoms with Gasteiger partial charge in [0.05, 0.1) is 0 Å². The van der Waals surface area contributed by atoms with Gasteiger partial charge in [0, 0.05) is 5.56 Å². The predicted octanol–water partition coefficient (Wildman–Crippen LogP) is 1.87. The van der Waals surface area contributed by atoms with Crippen LogP contribution in [0.5, 0.6) is 0 Å². The van der Waals surface area contributed by atoms with Gasteiger partial charge in [0.2, 0.25) is 0 Å². The molecule has 0 aliphatic rings. The lowest BCUT2D eigenvalue weighted by Crippen LogP contribution is -2.48. The number of carbonyl (C=O) groups excluding carboxylic acids is 4. The second kappa shape index (κ2) is 9.34. The Morgan fingerprint density at radius 3 is 1.96 bits per heavy atom. The highest BCUT2D eigenvalue weighted by Crippen LogP contribution is 2.22. The number of nitrogens with two attached hydrogens (primary N) is 1. The van der Waals surface area contributed by atoms with Gasteiger partial charge in [-0.1, -0.05) is 46.8 Å². The van der Waals surface area contributed by atoms with Crippen LogP contribution < -0.4 is 16.4 Å². The molecule has 0 unspecified atom stereocenters. The van der Waals surface area contributed by atoms with Gasteiger partial charge >= 0.3 is 12.0 Å². The van der Waals surface area contributed by atoms with Gasteiger partial charge in [0.25, 0.3) is 11.8 Å². The summed E-state index contributed by atoms with van der Waals surface area (Å²) < 4.78 is 5.06. The molecule has 0 fully saturated rings. The molecule has 28 heavy (non-hydrogen) atoms. The Morgan fingerprint density at radius 2 is 1.54 bits per heavy atom. The molecule has 1 aromatic rings. The summed E-state index contributed by atoms with van der Waals surface area (Å²) in [4.78, 5) is 47.3. The number of nitrogens with one attached hydrogen (secondary N) is 2. The van der Waals surface area contributed by atoms with Gasteiger partial charge < -0.3 is 15.8 Å². The highest BCUT2D eigenvalue weighted by atomic mass is 16.5. The van der Waals surface area contributed by atoms with Crippen molar-refractivity contribution in [2.24, 2.45) is 11.7 Å². The van der Waals surface area contributed by atoms with Crippen molar-refractivity contribution in [2.75, 3.05) is 0 Å². The van der Waals surface area contributed by atoms with E-state index in [0.717, 1.165) is 5.56 Å². The van der Waals surface area contributed by atoms with Gasteiger partial charge in [-0.05, 0) is 36.0 Å². The summed E-state index contributed by atoms with van der Waals surface area (Å²) >= 11 is 0. The molecule has 154 valence electrons. The molecule has 0 bridgehead atoms. The molecular formula is C20H29N3O5. The fraction of sp³-hybridized carbons (Fsp3) is 0.500. The minimum Gasteiger partial charge on any atom is -0.451 e. The number of ether oxygens (including phenoxy) is 1. The van der Waals surface area contributed by atoms with E-state index in [2.05, 4.69) is 26.1 Å². The molecule has 8 heteroatoms. The number of esters is 1. The monoisotopic (exact) mass is 391 g/mol. The average Bonchev–Trinajstić information content (AvgIpc) is 2.57. The summed E-state index contributed by atoms with van der Waals surface area (Å²) in [5, 5.41) is 4.47. The average molecular weight is 391 g/mol. The minimum absolute atomic E-state index is 0.0408. The Hall–Kier alpha value is -2.90. The molecule has 0 saturated carbocycles. The number of imide groups is 1. The van der Waals surface area contributed by atoms with Crippen molar-refractivity contribution in [3.8, 4) is 0 Å². The van der Waals surface area contributed by atoms with Crippen LogP contribution in [0.25, 0.3) is 0 Å². The van der Waals surface area contributed by atoms with E-state index in [1.807, 2.05) is 17.4 Å². The molecule has 1 aromatic carbocycles. The second-order valence-corrected chi connectivity index (χ2v) is 7.96. The number of hydrogen-bond acceptors (Lipinski definition) is 5. The maximum Gasteiger partial charge on any atom is 0.329 e. The number of primary amides is 1. The zero-order chi connectivity index (χ0) is 21.6. The van der Waals surface area contributed by atoms with Crippen LogP contribution in [0.1, 0.15) is 57.5 Å². The molecule has 0 saturated heterocycles. The Kier molecular flexibility index (Phi) is 7.72. The van der Waals surface area contributed by atoms with Gasteiger partial charge in [-0.2, -0.15) is 0 Å². The van der Waals surface area contributed by atoms with E-state index in [1.165, 1.54) is 6.92 Å². The molecule has 0 aliphatic heterocycles. The Morgan fingerprint density at radius 1 is 1.00 bits per heavy atom. The van der Waals surface area contributed by atoms with Crippen molar-refractivity contribution in [1.82, 2.24) is 10.6 Å². The second-order valence-electron chi connectivity index (χ2n) is 7.96.